The first-order valence-electron chi connectivity index (χ1n) is 9.52. The maximum Gasteiger partial charge on any atom is 0.344 e. The first-order valence-corrected chi connectivity index (χ1v) is 11.3. The molecule has 2 aromatic carbocycles. The summed E-state index contributed by atoms with van der Waals surface area (Å²) >= 11 is 0. The van der Waals surface area contributed by atoms with E-state index in [1.807, 2.05) is 42.5 Å². The normalized spacial score (nSPS) is 11.3. The van der Waals surface area contributed by atoms with Crippen molar-refractivity contribution in [3.63, 3.8) is 0 Å². The van der Waals surface area contributed by atoms with Gasteiger partial charge in [0, 0.05) is 102 Å². The van der Waals surface area contributed by atoms with Crippen molar-refractivity contribution in [3.8, 4) is 11.1 Å². The fraction of sp³-hybridized carbons (Fsp3) is 0.333. The van der Waals surface area contributed by atoms with E-state index in [-0.39, 0.29) is 108 Å². The van der Waals surface area contributed by atoms with Crippen LogP contribution in [0.15, 0.2) is 54.6 Å². The van der Waals surface area contributed by atoms with Crippen molar-refractivity contribution in [1.29, 1.82) is 0 Å². The Morgan fingerprint density at radius 2 is 1.45 bits per heavy atom. The molecule has 165 valence electrons. The van der Waals surface area contributed by atoms with Crippen LogP contribution in [0.5, 0.6) is 0 Å². The summed E-state index contributed by atoms with van der Waals surface area (Å²) in [4.78, 5) is 43.6. The van der Waals surface area contributed by atoms with Crippen LogP contribution < -0.4 is 5.32 Å². The van der Waals surface area contributed by atoms with Crippen molar-refractivity contribution in [1.82, 2.24) is 10.2 Å². The van der Waals surface area contributed by atoms with Crippen molar-refractivity contribution < 1.29 is 29.0 Å². The van der Waals surface area contributed by atoms with Crippen LogP contribution in [-0.2, 0) is 15.8 Å². The number of carboxylic acid groups (broad SMARTS) is 1. The average molecular weight is 503 g/mol. The van der Waals surface area contributed by atoms with Crippen LogP contribution in [0.25, 0.3) is 11.1 Å². The van der Waals surface area contributed by atoms with Gasteiger partial charge in [-0.25, -0.2) is 9.59 Å². The van der Waals surface area contributed by atoms with Crippen molar-refractivity contribution in [2.45, 2.75) is 26.3 Å². The molecule has 0 aromatic heterocycles. The molecular formula is C21H27N2Na3O6P. The van der Waals surface area contributed by atoms with Crippen molar-refractivity contribution >= 4 is 108 Å². The molecule has 12 heteroatoms. The zero-order chi connectivity index (χ0) is 22.3. The fourth-order valence-electron chi connectivity index (χ4n) is 3.01. The number of carbonyl (C=O) groups excluding carboxylic acids is 1. The number of urea groups is 1. The topological polar surface area (TPSA) is 127 Å². The van der Waals surface area contributed by atoms with Gasteiger partial charge in [0.2, 0.25) is 0 Å². The number of carboxylic acids is 1. The van der Waals surface area contributed by atoms with Gasteiger partial charge in [-0.2, -0.15) is 0 Å². The molecule has 0 unspecified atom stereocenters. The maximum absolute atomic E-state index is 12.5. The Labute approximate surface area is 260 Å². The molecule has 3 radical (unpaired) electrons. The molecule has 0 saturated carbocycles. The number of hydrogen-bond acceptors (Lipinski definition) is 3. The van der Waals surface area contributed by atoms with Gasteiger partial charge >= 0.3 is 19.6 Å². The van der Waals surface area contributed by atoms with Gasteiger partial charge in [0.05, 0.1) is 0 Å². The molecular weight excluding hydrogens is 476 g/mol. The predicted octanol–water partition coefficient (Wildman–Crippen LogP) is 2.01. The molecule has 2 rings (SSSR count). The van der Waals surface area contributed by atoms with E-state index < -0.39 is 31.9 Å². The van der Waals surface area contributed by atoms with Crippen LogP contribution in [-0.4, -0.2) is 139 Å². The number of nitrogens with one attached hydrogen (secondary N) is 1. The third-order valence-electron chi connectivity index (χ3n) is 4.32. The Bertz CT molecular complexity index is 910. The second-order valence-corrected chi connectivity index (χ2v) is 9.14. The minimum Gasteiger partial charge on any atom is -0.480 e. The van der Waals surface area contributed by atoms with Gasteiger partial charge in [0.25, 0.3) is 0 Å². The van der Waals surface area contributed by atoms with E-state index in [1.165, 1.54) is 0 Å². The third-order valence-corrected chi connectivity index (χ3v) is 5.03. The molecule has 8 nitrogen and oxygen atoms in total. The Morgan fingerprint density at radius 3 is 1.91 bits per heavy atom. The van der Waals surface area contributed by atoms with Crippen molar-refractivity contribution in [3.05, 3.63) is 60.2 Å². The molecule has 4 N–H and O–H groups in total. The molecule has 2 aromatic rings. The number of carbonyl (C=O) groups is 2. The van der Waals surface area contributed by atoms with E-state index in [4.69, 9.17) is 0 Å². The number of nitrogens with zero attached hydrogens (tertiary/aromatic N) is 1. The number of benzene rings is 2. The summed E-state index contributed by atoms with van der Waals surface area (Å²) in [5.41, 5.74) is 2.74. The first kappa shape index (κ1) is 35.5. The van der Waals surface area contributed by atoms with E-state index in [2.05, 4.69) is 5.32 Å². The molecule has 33 heavy (non-hydrogen) atoms. The summed E-state index contributed by atoms with van der Waals surface area (Å²) in [5, 5.41) is 11.9. The maximum atomic E-state index is 12.5. The Kier molecular flexibility index (Phi) is 18.2. The van der Waals surface area contributed by atoms with E-state index in [0.29, 0.717) is 5.56 Å². The van der Waals surface area contributed by atoms with Gasteiger partial charge in [-0.15, -0.1) is 0 Å². The summed E-state index contributed by atoms with van der Waals surface area (Å²) in [6, 6.07) is 15.0. The molecule has 0 saturated heterocycles. The van der Waals surface area contributed by atoms with Gasteiger partial charge in [0.15, 0.2) is 0 Å². The van der Waals surface area contributed by atoms with Gasteiger partial charge in [-0.05, 0) is 22.6 Å². The summed E-state index contributed by atoms with van der Waals surface area (Å²) in [5.74, 6) is -1.27. The molecule has 0 spiro atoms. The van der Waals surface area contributed by atoms with Crippen LogP contribution in [0.2, 0.25) is 0 Å². The van der Waals surface area contributed by atoms with Gasteiger partial charge in [0.1, 0.15) is 12.3 Å². The van der Waals surface area contributed by atoms with E-state index in [9.17, 15) is 29.0 Å². The molecule has 2 amide bonds. The predicted molar refractivity (Wildman–Crippen MR) is 131 cm³/mol. The van der Waals surface area contributed by atoms with Crippen molar-refractivity contribution in [2.75, 3.05) is 12.8 Å². The molecule has 0 bridgehead atoms. The molecule has 0 fully saturated rings. The molecule has 0 heterocycles. The van der Waals surface area contributed by atoms with Gasteiger partial charge in [-0.1, -0.05) is 68.4 Å². The fourth-order valence-corrected chi connectivity index (χ4v) is 3.70. The SMILES string of the molecule is CC(C)CN(CP(=O)(O)O)C(=O)N[C@@H](Cc1ccc(-c2ccccc2)cc1)C(=O)O.[Na].[Na].[Na]. The molecule has 0 aliphatic carbocycles. The van der Waals surface area contributed by atoms with Crippen LogP contribution in [0.4, 0.5) is 4.79 Å². The first-order chi connectivity index (χ1) is 14.0. The van der Waals surface area contributed by atoms with Crippen LogP contribution in [0.1, 0.15) is 19.4 Å². The smallest absolute Gasteiger partial charge is 0.344 e. The summed E-state index contributed by atoms with van der Waals surface area (Å²) < 4.78 is 11.3. The minimum absolute atomic E-state index is 0. The number of aliphatic carboxylic acids is 1. The average Bonchev–Trinajstić information content (AvgIpc) is 2.66. The molecule has 0 aliphatic heterocycles. The van der Waals surface area contributed by atoms with E-state index in [0.717, 1.165) is 16.0 Å². The quantitative estimate of drug-likeness (QED) is 0.306. The molecule has 1 atom stereocenters. The standard InChI is InChI=1S/C21H27N2O6P.3Na/c1-15(2)13-23(14-30(27,28)29)21(26)22-19(20(24)25)12-16-8-10-18(11-9-16)17-6-4-3-5-7-17;;;/h3-11,15,19H,12-14H2,1-2H3,(H,22,26)(H,24,25)(H2,27,28,29);;;/t19-;;;/m0.../s1. The zero-order valence-corrected chi connectivity index (χ0v) is 26.8. The Hall–Kier alpha value is 0.330. The van der Waals surface area contributed by atoms with E-state index >= 15 is 0 Å². The van der Waals surface area contributed by atoms with Crippen molar-refractivity contribution in [2.24, 2.45) is 5.92 Å². The Morgan fingerprint density at radius 1 is 0.939 bits per heavy atom. The minimum atomic E-state index is -4.48. The Balaban J connectivity index is 0. The monoisotopic (exact) mass is 503 g/mol. The number of amides is 2. The number of rotatable bonds is 9. The van der Waals surface area contributed by atoms with Crippen LogP contribution in [0.3, 0.4) is 0 Å². The van der Waals surface area contributed by atoms with Crippen LogP contribution >= 0.6 is 7.60 Å². The number of hydrogen-bond donors (Lipinski definition) is 4. The summed E-state index contributed by atoms with van der Waals surface area (Å²) in [7, 11) is -4.48. The largest absolute Gasteiger partial charge is 0.480 e. The van der Waals surface area contributed by atoms with Gasteiger partial charge < -0.3 is 25.1 Å². The molecule has 0 aliphatic rings. The van der Waals surface area contributed by atoms with Crippen LogP contribution in [0, 0.1) is 5.92 Å². The summed E-state index contributed by atoms with van der Waals surface area (Å²) in [6.45, 7) is 3.68. The van der Waals surface area contributed by atoms with E-state index in [1.54, 1.807) is 26.0 Å². The van der Waals surface area contributed by atoms with Gasteiger partial charge in [-0.3, -0.25) is 4.57 Å². The second kappa shape index (κ2) is 16.9. The zero-order valence-electron chi connectivity index (χ0n) is 19.9. The third kappa shape index (κ3) is 13.3. The summed E-state index contributed by atoms with van der Waals surface area (Å²) in [6.07, 6.45) is -0.725. The second-order valence-electron chi connectivity index (χ2n) is 7.53.